The normalized spacial score (nSPS) is 18.7. The third kappa shape index (κ3) is 3.17. The van der Waals surface area contributed by atoms with Gasteiger partial charge in [0, 0.05) is 25.2 Å². The molecule has 4 heteroatoms. The Balaban J connectivity index is 1.20. The standard InChI is InChI=1S/C23H22N2O2/c26-23-22-11-4-3-8-19(22)14-25(23)16-21-10-5-9-20(27-21)15-24-12-17-6-1-2-7-18(17)13-24/h1-4,6-11H,5,12-16H2. The van der Waals surface area contributed by atoms with Gasteiger partial charge in [0.1, 0.15) is 11.5 Å². The first-order valence-electron chi connectivity index (χ1n) is 9.48. The molecule has 0 saturated heterocycles. The molecule has 0 bridgehead atoms. The third-order valence-electron chi connectivity index (χ3n) is 5.48. The molecule has 27 heavy (non-hydrogen) atoms. The highest BCUT2D eigenvalue weighted by Gasteiger charge is 2.28. The number of nitrogens with zero attached hydrogens (tertiary/aromatic N) is 2. The van der Waals surface area contributed by atoms with E-state index >= 15 is 0 Å². The molecule has 1 amide bonds. The van der Waals surface area contributed by atoms with E-state index in [1.165, 1.54) is 11.1 Å². The largest absolute Gasteiger partial charge is 0.463 e. The Kier molecular flexibility index (Phi) is 4.06. The average molecular weight is 358 g/mol. The summed E-state index contributed by atoms with van der Waals surface area (Å²) < 4.78 is 6.14. The van der Waals surface area contributed by atoms with Crippen molar-refractivity contribution < 1.29 is 9.53 Å². The minimum Gasteiger partial charge on any atom is -0.463 e. The predicted octanol–water partition coefficient (Wildman–Crippen LogP) is 3.85. The number of benzene rings is 2. The Hall–Kier alpha value is -2.85. The van der Waals surface area contributed by atoms with E-state index in [9.17, 15) is 4.79 Å². The number of carbonyl (C=O) groups excluding carboxylic acids is 1. The van der Waals surface area contributed by atoms with Gasteiger partial charge in [0.2, 0.25) is 0 Å². The summed E-state index contributed by atoms with van der Waals surface area (Å²) in [5.41, 5.74) is 4.74. The molecule has 3 aliphatic rings. The molecule has 0 spiro atoms. The van der Waals surface area contributed by atoms with Gasteiger partial charge in [-0.1, -0.05) is 42.5 Å². The quantitative estimate of drug-likeness (QED) is 0.832. The molecular formula is C23H22N2O2. The van der Waals surface area contributed by atoms with Crippen LogP contribution < -0.4 is 0 Å². The molecule has 0 saturated carbocycles. The maximum atomic E-state index is 12.6. The van der Waals surface area contributed by atoms with Gasteiger partial charge in [0.05, 0.1) is 13.1 Å². The number of ether oxygens (including phenoxy) is 1. The van der Waals surface area contributed by atoms with Crippen LogP contribution in [0.2, 0.25) is 0 Å². The van der Waals surface area contributed by atoms with Crippen molar-refractivity contribution >= 4 is 5.91 Å². The van der Waals surface area contributed by atoms with Crippen molar-refractivity contribution in [3.8, 4) is 0 Å². The van der Waals surface area contributed by atoms with Crippen molar-refractivity contribution in [3.05, 3.63) is 94.5 Å². The topological polar surface area (TPSA) is 32.8 Å². The van der Waals surface area contributed by atoms with Crippen molar-refractivity contribution in [3.63, 3.8) is 0 Å². The summed E-state index contributed by atoms with van der Waals surface area (Å²) in [6.45, 7) is 3.94. The lowest BCUT2D eigenvalue weighted by molar-refractivity contribution is 0.0764. The van der Waals surface area contributed by atoms with Crippen molar-refractivity contribution in [1.29, 1.82) is 0 Å². The molecule has 3 heterocycles. The predicted molar refractivity (Wildman–Crippen MR) is 104 cm³/mol. The van der Waals surface area contributed by atoms with E-state index < -0.39 is 0 Å². The number of hydrogen-bond acceptors (Lipinski definition) is 3. The van der Waals surface area contributed by atoms with Gasteiger partial charge in [-0.15, -0.1) is 0 Å². The highest BCUT2D eigenvalue weighted by Crippen LogP contribution is 2.27. The van der Waals surface area contributed by atoms with Crippen molar-refractivity contribution in [2.24, 2.45) is 0 Å². The molecule has 0 N–H and O–H groups in total. The molecule has 0 aliphatic carbocycles. The summed E-state index contributed by atoms with van der Waals surface area (Å²) in [6.07, 6.45) is 5.09. The average Bonchev–Trinajstić information content (AvgIpc) is 3.23. The molecule has 0 aromatic heterocycles. The fourth-order valence-corrected chi connectivity index (χ4v) is 4.13. The molecule has 0 unspecified atom stereocenters. The first-order chi connectivity index (χ1) is 13.3. The van der Waals surface area contributed by atoms with Crippen LogP contribution >= 0.6 is 0 Å². The molecule has 0 radical (unpaired) electrons. The molecule has 2 aromatic carbocycles. The van der Waals surface area contributed by atoms with E-state index in [1.54, 1.807) is 0 Å². The number of hydrogen-bond donors (Lipinski definition) is 0. The van der Waals surface area contributed by atoms with Crippen LogP contribution in [0.15, 0.2) is 72.2 Å². The minimum absolute atomic E-state index is 0.0983. The summed E-state index contributed by atoms with van der Waals surface area (Å²) in [6, 6.07) is 16.5. The monoisotopic (exact) mass is 358 g/mol. The lowest BCUT2D eigenvalue weighted by Gasteiger charge is -2.24. The van der Waals surface area contributed by atoms with E-state index in [0.29, 0.717) is 13.1 Å². The molecule has 4 nitrogen and oxygen atoms in total. The zero-order valence-electron chi connectivity index (χ0n) is 15.2. The molecule has 136 valence electrons. The summed E-state index contributed by atoms with van der Waals surface area (Å²) in [5.74, 6) is 1.97. The van der Waals surface area contributed by atoms with Crippen LogP contribution in [0.25, 0.3) is 0 Å². The van der Waals surface area contributed by atoms with E-state index in [2.05, 4.69) is 41.3 Å². The van der Waals surface area contributed by atoms with Crippen LogP contribution in [0.4, 0.5) is 0 Å². The third-order valence-corrected chi connectivity index (χ3v) is 5.48. The molecular weight excluding hydrogens is 336 g/mol. The zero-order valence-corrected chi connectivity index (χ0v) is 15.2. The summed E-state index contributed by atoms with van der Waals surface area (Å²) in [7, 11) is 0. The van der Waals surface area contributed by atoms with Crippen molar-refractivity contribution in [2.45, 2.75) is 26.1 Å². The van der Waals surface area contributed by atoms with E-state index in [1.807, 2.05) is 29.2 Å². The van der Waals surface area contributed by atoms with Gasteiger partial charge in [0.25, 0.3) is 5.91 Å². The van der Waals surface area contributed by atoms with Gasteiger partial charge >= 0.3 is 0 Å². The van der Waals surface area contributed by atoms with Crippen molar-refractivity contribution in [1.82, 2.24) is 9.80 Å². The van der Waals surface area contributed by atoms with Gasteiger partial charge in [-0.2, -0.15) is 0 Å². The second-order valence-corrected chi connectivity index (χ2v) is 7.41. The van der Waals surface area contributed by atoms with Crippen LogP contribution in [0.1, 0.15) is 33.5 Å². The highest BCUT2D eigenvalue weighted by atomic mass is 16.5. The Morgan fingerprint density at radius 3 is 2.11 bits per heavy atom. The molecule has 5 rings (SSSR count). The Labute approximate surface area is 159 Å². The second-order valence-electron chi connectivity index (χ2n) is 7.41. The summed E-state index contributed by atoms with van der Waals surface area (Å²) >= 11 is 0. The number of carbonyl (C=O) groups is 1. The van der Waals surface area contributed by atoms with Gasteiger partial charge in [-0.25, -0.2) is 0 Å². The lowest BCUT2D eigenvalue weighted by atomic mass is 10.1. The summed E-state index contributed by atoms with van der Waals surface area (Å²) in [5, 5.41) is 0. The smallest absolute Gasteiger partial charge is 0.254 e. The SMILES string of the molecule is O=C1c2ccccc2CN1CC1=CCC=C(CN2Cc3ccccc3C2)O1. The highest BCUT2D eigenvalue weighted by molar-refractivity contribution is 5.98. The first kappa shape index (κ1) is 16.3. The molecule has 3 aliphatic heterocycles. The van der Waals surface area contributed by atoms with Crippen LogP contribution in [-0.4, -0.2) is 28.8 Å². The van der Waals surface area contributed by atoms with E-state index in [4.69, 9.17) is 4.74 Å². The second kappa shape index (κ2) is 6.71. The number of amides is 1. The van der Waals surface area contributed by atoms with Gasteiger partial charge in [-0.05, 0) is 41.3 Å². The lowest BCUT2D eigenvalue weighted by Crippen LogP contribution is -2.28. The Bertz CT molecular complexity index is 935. The number of rotatable bonds is 4. The van der Waals surface area contributed by atoms with Crippen LogP contribution in [0.3, 0.4) is 0 Å². The maximum absolute atomic E-state index is 12.6. The Morgan fingerprint density at radius 2 is 1.41 bits per heavy atom. The summed E-state index contributed by atoms with van der Waals surface area (Å²) in [4.78, 5) is 16.8. The van der Waals surface area contributed by atoms with Gasteiger partial charge < -0.3 is 9.64 Å². The molecule has 2 aromatic rings. The zero-order chi connectivity index (χ0) is 18.2. The minimum atomic E-state index is 0.0983. The van der Waals surface area contributed by atoms with Crippen LogP contribution in [-0.2, 0) is 24.4 Å². The van der Waals surface area contributed by atoms with Crippen LogP contribution in [0, 0.1) is 0 Å². The molecule has 0 atom stereocenters. The maximum Gasteiger partial charge on any atom is 0.254 e. The Morgan fingerprint density at radius 1 is 0.778 bits per heavy atom. The number of fused-ring (bicyclic) bond motifs is 2. The first-order valence-corrected chi connectivity index (χ1v) is 9.48. The van der Waals surface area contributed by atoms with Gasteiger partial charge in [-0.3, -0.25) is 9.69 Å². The van der Waals surface area contributed by atoms with Crippen LogP contribution in [0.5, 0.6) is 0 Å². The van der Waals surface area contributed by atoms with Crippen molar-refractivity contribution in [2.75, 3.05) is 13.1 Å². The number of allylic oxidation sites excluding steroid dienone is 2. The van der Waals surface area contributed by atoms with Gasteiger partial charge in [0.15, 0.2) is 0 Å². The molecule has 0 fully saturated rings. The fraction of sp³-hybridized carbons (Fsp3) is 0.261. The van der Waals surface area contributed by atoms with E-state index in [-0.39, 0.29) is 5.91 Å². The fourth-order valence-electron chi connectivity index (χ4n) is 4.13. The van der Waals surface area contributed by atoms with E-state index in [0.717, 1.165) is 48.7 Å².